The lowest BCUT2D eigenvalue weighted by molar-refractivity contribution is 0.181. The van der Waals surface area contributed by atoms with Gasteiger partial charge in [0.1, 0.15) is 0 Å². The van der Waals surface area contributed by atoms with Crippen LogP contribution in [-0.4, -0.2) is 24.0 Å². The van der Waals surface area contributed by atoms with E-state index in [1.165, 1.54) is 0 Å². The highest BCUT2D eigenvalue weighted by Crippen LogP contribution is 2.33. The molecule has 1 atom stereocenters. The van der Waals surface area contributed by atoms with Gasteiger partial charge in [0.05, 0.1) is 17.2 Å². The van der Waals surface area contributed by atoms with E-state index in [2.05, 4.69) is 5.32 Å². The fourth-order valence-electron chi connectivity index (χ4n) is 2.29. The zero-order valence-electron chi connectivity index (χ0n) is 12.1. The number of hydrogen-bond donors (Lipinski definition) is 2. The topological polar surface area (TPSA) is 32.3 Å². The molecule has 0 heterocycles. The van der Waals surface area contributed by atoms with Crippen molar-refractivity contribution in [1.29, 1.82) is 0 Å². The van der Waals surface area contributed by atoms with Crippen LogP contribution in [0.15, 0.2) is 59.5 Å². The number of thioether (sulfide) groups is 1. The van der Waals surface area contributed by atoms with Gasteiger partial charge in [-0.1, -0.05) is 61.0 Å². The number of aliphatic hydroxyl groups is 1. The third kappa shape index (κ3) is 4.01. The minimum absolute atomic E-state index is 0.0440. The van der Waals surface area contributed by atoms with Crippen molar-refractivity contribution in [2.75, 3.05) is 18.9 Å². The number of rotatable bonds is 7. The van der Waals surface area contributed by atoms with Gasteiger partial charge >= 0.3 is 0 Å². The highest BCUT2D eigenvalue weighted by molar-refractivity contribution is 7.99. The van der Waals surface area contributed by atoms with Crippen LogP contribution in [0.2, 0.25) is 5.02 Å². The van der Waals surface area contributed by atoms with Gasteiger partial charge in [-0.05, 0) is 24.2 Å². The van der Waals surface area contributed by atoms with E-state index in [1.54, 1.807) is 11.8 Å². The Bertz CT molecular complexity index is 564. The fraction of sp³-hybridized carbons (Fsp3) is 0.294. The summed E-state index contributed by atoms with van der Waals surface area (Å²) < 4.78 is 0. The summed E-state index contributed by atoms with van der Waals surface area (Å²) in [4.78, 5) is 1.03. The van der Waals surface area contributed by atoms with Crippen LogP contribution < -0.4 is 5.32 Å². The molecule has 0 saturated carbocycles. The first-order chi connectivity index (χ1) is 10.2. The summed E-state index contributed by atoms with van der Waals surface area (Å²) in [6.45, 7) is 2.88. The molecule has 0 aliphatic rings. The average Bonchev–Trinajstić information content (AvgIpc) is 2.54. The van der Waals surface area contributed by atoms with Crippen LogP contribution in [0.3, 0.4) is 0 Å². The molecular weight excluding hydrogens is 302 g/mol. The Labute approximate surface area is 135 Å². The van der Waals surface area contributed by atoms with Gasteiger partial charge in [-0.2, -0.15) is 0 Å². The van der Waals surface area contributed by atoms with Crippen LogP contribution in [-0.2, 0) is 5.54 Å². The first-order valence-corrected chi connectivity index (χ1v) is 8.37. The SMILES string of the molecule is CCNC(CO)(CSc1ccccc1Cl)c1ccccc1. The Morgan fingerprint density at radius 1 is 1.10 bits per heavy atom. The summed E-state index contributed by atoms with van der Waals surface area (Å²) in [6.07, 6.45) is 0. The van der Waals surface area contributed by atoms with Gasteiger partial charge in [0.15, 0.2) is 0 Å². The average molecular weight is 322 g/mol. The van der Waals surface area contributed by atoms with E-state index < -0.39 is 5.54 Å². The summed E-state index contributed by atoms with van der Waals surface area (Å²) in [6, 6.07) is 17.9. The standard InChI is InChI=1S/C17H20ClNOS/c1-2-19-17(12-20,14-8-4-3-5-9-14)13-21-16-11-7-6-10-15(16)18/h3-11,19-20H,2,12-13H2,1H3. The van der Waals surface area contributed by atoms with E-state index in [4.69, 9.17) is 11.6 Å². The van der Waals surface area contributed by atoms with Crippen molar-refractivity contribution in [3.8, 4) is 0 Å². The van der Waals surface area contributed by atoms with E-state index in [-0.39, 0.29) is 6.61 Å². The van der Waals surface area contributed by atoms with E-state index in [0.717, 1.165) is 22.0 Å². The van der Waals surface area contributed by atoms with Crippen molar-refractivity contribution in [3.05, 3.63) is 65.2 Å². The Balaban J connectivity index is 2.23. The van der Waals surface area contributed by atoms with Crippen molar-refractivity contribution in [2.45, 2.75) is 17.4 Å². The molecule has 2 N–H and O–H groups in total. The Morgan fingerprint density at radius 2 is 1.76 bits per heavy atom. The molecule has 4 heteroatoms. The van der Waals surface area contributed by atoms with Crippen molar-refractivity contribution >= 4 is 23.4 Å². The highest BCUT2D eigenvalue weighted by atomic mass is 35.5. The number of aliphatic hydroxyl groups excluding tert-OH is 1. The molecule has 0 aliphatic heterocycles. The Kier molecular flexibility index (Phi) is 6.12. The summed E-state index contributed by atoms with van der Waals surface area (Å²) in [5.41, 5.74) is 0.633. The van der Waals surface area contributed by atoms with Gasteiger partial charge < -0.3 is 10.4 Å². The molecule has 0 amide bonds. The molecule has 0 saturated heterocycles. The number of hydrogen-bond acceptors (Lipinski definition) is 3. The van der Waals surface area contributed by atoms with Gasteiger partial charge in [0, 0.05) is 10.6 Å². The van der Waals surface area contributed by atoms with E-state index in [0.29, 0.717) is 5.75 Å². The van der Waals surface area contributed by atoms with E-state index in [9.17, 15) is 5.11 Å². The lowest BCUT2D eigenvalue weighted by atomic mass is 9.92. The second-order valence-corrected chi connectivity index (χ2v) is 6.28. The van der Waals surface area contributed by atoms with E-state index in [1.807, 2.05) is 61.5 Å². The quantitative estimate of drug-likeness (QED) is 0.758. The first kappa shape index (κ1) is 16.4. The summed E-state index contributed by atoms with van der Waals surface area (Å²) in [5, 5.41) is 14.2. The molecule has 1 unspecified atom stereocenters. The first-order valence-electron chi connectivity index (χ1n) is 7.00. The molecule has 0 aliphatic carbocycles. The lowest BCUT2D eigenvalue weighted by Gasteiger charge is -2.33. The van der Waals surface area contributed by atoms with Gasteiger partial charge in [-0.15, -0.1) is 11.8 Å². The van der Waals surface area contributed by atoms with Gasteiger partial charge in [0.2, 0.25) is 0 Å². The Morgan fingerprint density at radius 3 is 2.38 bits per heavy atom. The second-order valence-electron chi connectivity index (χ2n) is 4.86. The molecule has 2 aromatic rings. The number of nitrogens with one attached hydrogen (secondary N) is 1. The molecule has 0 fully saturated rings. The third-order valence-corrected chi connectivity index (χ3v) is 5.17. The van der Waals surface area contributed by atoms with Crippen molar-refractivity contribution in [1.82, 2.24) is 5.32 Å². The molecule has 0 spiro atoms. The van der Waals surface area contributed by atoms with Gasteiger partial charge in [-0.25, -0.2) is 0 Å². The zero-order valence-corrected chi connectivity index (χ0v) is 13.6. The smallest absolute Gasteiger partial charge is 0.0764 e. The summed E-state index contributed by atoms with van der Waals surface area (Å²) in [7, 11) is 0. The zero-order chi connectivity index (χ0) is 15.1. The predicted octanol–water partition coefficient (Wildman–Crippen LogP) is 3.93. The predicted molar refractivity (Wildman–Crippen MR) is 91.1 cm³/mol. The van der Waals surface area contributed by atoms with Gasteiger partial charge in [-0.3, -0.25) is 0 Å². The monoisotopic (exact) mass is 321 g/mol. The van der Waals surface area contributed by atoms with Crippen LogP contribution in [0.5, 0.6) is 0 Å². The van der Waals surface area contributed by atoms with Crippen molar-refractivity contribution in [3.63, 3.8) is 0 Å². The Hall–Kier alpha value is -1.00. The maximum absolute atomic E-state index is 10.00. The number of halogens is 1. The molecular formula is C17H20ClNOS. The van der Waals surface area contributed by atoms with Gasteiger partial charge in [0.25, 0.3) is 0 Å². The second kappa shape index (κ2) is 7.85. The molecule has 0 radical (unpaired) electrons. The van der Waals surface area contributed by atoms with E-state index >= 15 is 0 Å². The molecule has 112 valence electrons. The maximum Gasteiger partial charge on any atom is 0.0764 e. The third-order valence-electron chi connectivity index (χ3n) is 3.42. The normalized spacial score (nSPS) is 13.9. The van der Waals surface area contributed by atoms with Crippen LogP contribution >= 0.6 is 23.4 Å². The molecule has 2 rings (SSSR count). The van der Waals surface area contributed by atoms with Crippen LogP contribution in [0, 0.1) is 0 Å². The summed E-state index contributed by atoms with van der Waals surface area (Å²) >= 11 is 7.87. The van der Waals surface area contributed by atoms with Crippen LogP contribution in [0.4, 0.5) is 0 Å². The molecule has 0 bridgehead atoms. The van der Waals surface area contributed by atoms with Crippen LogP contribution in [0.25, 0.3) is 0 Å². The summed E-state index contributed by atoms with van der Waals surface area (Å²) in [5.74, 6) is 0.713. The molecule has 21 heavy (non-hydrogen) atoms. The maximum atomic E-state index is 10.00. The molecule has 0 aromatic heterocycles. The molecule has 2 aromatic carbocycles. The van der Waals surface area contributed by atoms with Crippen molar-refractivity contribution < 1.29 is 5.11 Å². The largest absolute Gasteiger partial charge is 0.394 e. The minimum Gasteiger partial charge on any atom is -0.394 e. The highest BCUT2D eigenvalue weighted by Gasteiger charge is 2.30. The van der Waals surface area contributed by atoms with Crippen molar-refractivity contribution in [2.24, 2.45) is 0 Å². The van der Waals surface area contributed by atoms with Crippen LogP contribution in [0.1, 0.15) is 12.5 Å². The number of likely N-dealkylation sites (N-methyl/N-ethyl adjacent to an activating group) is 1. The molecule has 2 nitrogen and oxygen atoms in total. The lowest BCUT2D eigenvalue weighted by Crippen LogP contribution is -2.47. The minimum atomic E-state index is -0.458. The number of benzene rings is 2. The fourth-order valence-corrected chi connectivity index (χ4v) is 3.73.